The molecule has 1 rings (SSSR count). The highest BCUT2D eigenvalue weighted by molar-refractivity contribution is 6.08. The quantitative estimate of drug-likeness (QED) is 0.560. The summed E-state index contributed by atoms with van der Waals surface area (Å²) in [6.07, 6.45) is 1.68. The number of hydrogen-bond donors (Lipinski definition) is 0. The van der Waals surface area contributed by atoms with Crippen LogP contribution in [0.4, 0.5) is 4.39 Å². The molecule has 0 aliphatic heterocycles. The van der Waals surface area contributed by atoms with Gasteiger partial charge in [-0.25, -0.2) is 4.39 Å². The number of nitrogens with zero attached hydrogens (tertiary/aromatic N) is 1. The molecule has 0 aromatic heterocycles. The molecular formula is C12H14FNO. The summed E-state index contributed by atoms with van der Waals surface area (Å²) < 4.78 is 13.3. The molecule has 0 N–H and O–H groups in total. The molecule has 0 saturated heterocycles. The first kappa shape index (κ1) is 11.4. The lowest BCUT2D eigenvalue weighted by atomic mass is 10.1. The minimum Gasteiger partial charge on any atom is -0.383 e. The number of carbonyl (C=O) groups is 1. The van der Waals surface area contributed by atoms with E-state index in [0.717, 1.165) is 0 Å². The molecule has 0 aliphatic rings. The predicted molar refractivity (Wildman–Crippen MR) is 58.2 cm³/mol. The predicted octanol–water partition coefficient (Wildman–Crippen LogP) is 2.47. The molecule has 0 atom stereocenters. The molecule has 0 heterocycles. The van der Waals surface area contributed by atoms with Crippen LogP contribution in [-0.2, 0) is 0 Å². The second-order valence-corrected chi connectivity index (χ2v) is 3.58. The van der Waals surface area contributed by atoms with Crippen LogP contribution in [0.1, 0.15) is 17.3 Å². The van der Waals surface area contributed by atoms with Crippen molar-refractivity contribution in [1.82, 2.24) is 4.90 Å². The van der Waals surface area contributed by atoms with E-state index in [2.05, 4.69) is 0 Å². The summed E-state index contributed by atoms with van der Waals surface area (Å²) in [5.41, 5.74) is 0.637. The largest absolute Gasteiger partial charge is 0.383 e. The Morgan fingerprint density at radius 1 is 1.33 bits per heavy atom. The standard InChI is InChI=1S/C12H14FNO/c1-9(8-14(2)3)12(15)10-6-4-5-7-11(10)13/h4-8H,1-3H3/b9-8+. The van der Waals surface area contributed by atoms with Gasteiger partial charge in [-0.3, -0.25) is 4.79 Å². The fourth-order valence-electron chi connectivity index (χ4n) is 1.30. The molecule has 0 radical (unpaired) electrons. The van der Waals surface area contributed by atoms with Gasteiger partial charge in [-0.05, 0) is 19.1 Å². The van der Waals surface area contributed by atoms with E-state index in [9.17, 15) is 9.18 Å². The molecule has 0 unspecified atom stereocenters. The van der Waals surface area contributed by atoms with Crippen molar-refractivity contribution in [2.75, 3.05) is 14.1 Å². The summed E-state index contributed by atoms with van der Waals surface area (Å²) >= 11 is 0. The Hall–Kier alpha value is -1.64. The Kier molecular flexibility index (Phi) is 3.61. The van der Waals surface area contributed by atoms with E-state index in [-0.39, 0.29) is 11.3 Å². The first-order valence-corrected chi connectivity index (χ1v) is 4.66. The van der Waals surface area contributed by atoms with Gasteiger partial charge in [0.1, 0.15) is 5.82 Å². The molecule has 0 spiro atoms. The zero-order valence-electron chi connectivity index (χ0n) is 9.12. The molecule has 15 heavy (non-hydrogen) atoms. The van der Waals surface area contributed by atoms with Crippen LogP contribution in [0.2, 0.25) is 0 Å². The lowest BCUT2D eigenvalue weighted by Gasteiger charge is -2.07. The van der Waals surface area contributed by atoms with Gasteiger partial charge in [0.05, 0.1) is 5.56 Å². The first-order valence-electron chi connectivity index (χ1n) is 4.66. The van der Waals surface area contributed by atoms with Crippen LogP contribution in [0.15, 0.2) is 36.0 Å². The zero-order valence-corrected chi connectivity index (χ0v) is 9.12. The van der Waals surface area contributed by atoms with Crippen LogP contribution in [0, 0.1) is 5.82 Å². The second-order valence-electron chi connectivity index (χ2n) is 3.58. The molecule has 0 bridgehead atoms. The summed E-state index contributed by atoms with van der Waals surface area (Å²) in [5, 5.41) is 0. The average Bonchev–Trinajstić information content (AvgIpc) is 2.16. The molecule has 0 fully saturated rings. The van der Waals surface area contributed by atoms with E-state index in [1.165, 1.54) is 12.1 Å². The Morgan fingerprint density at radius 2 is 1.93 bits per heavy atom. The summed E-state index contributed by atoms with van der Waals surface area (Å²) in [7, 11) is 3.64. The van der Waals surface area contributed by atoms with Crippen LogP contribution in [0.25, 0.3) is 0 Å². The molecule has 0 amide bonds. The fraction of sp³-hybridized carbons (Fsp3) is 0.250. The Balaban J connectivity index is 3.01. The number of halogens is 1. The summed E-state index contributed by atoms with van der Waals surface area (Å²) in [4.78, 5) is 13.5. The normalized spacial score (nSPS) is 11.3. The number of benzene rings is 1. The van der Waals surface area contributed by atoms with E-state index in [0.29, 0.717) is 5.57 Å². The Labute approximate surface area is 89.0 Å². The van der Waals surface area contributed by atoms with E-state index in [4.69, 9.17) is 0 Å². The monoisotopic (exact) mass is 207 g/mol. The number of Topliss-reactive ketones (excluding diaryl/α,β-unsaturated/α-hetero) is 1. The van der Waals surface area contributed by atoms with Gasteiger partial charge in [-0.1, -0.05) is 12.1 Å². The van der Waals surface area contributed by atoms with Crippen LogP contribution in [0.5, 0.6) is 0 Å². The van der Waals surface area contributed by atoms with Gasteiger partial charge < -0.3 is 4.90 Å². The highest BCUT2D eigenvalue weighted by Crippen LogP contribution is 2.12. The first-order chi connectivity index (χ1) is 7.02. The Morgan fingerprint density at radius 3 is 2.47 bits per heavy atom. The van der Waals surface area contributed by atoms with Crippen LogP contribution >= 0.6 is 0 Å². The molecule has 80 valence electrons. The lowest BCUT2D eigenvalue weighted by Crippen LogP contribution is -2.09. The van der Waals surface area contributed by atoms with E-state index >= 15 is 0 Å². The van der Waals surface area contributed by atoms with Crippen LogP contribution in [0.3, 0.4) is 0 Å². The third-order valence-electron chi connectivity index (χ3n) is 1.93. The SMILES string of the molecule is C/C(=C\N(C)C)C(=O)c1ccccc1F. The maximum absolute atomic E-state index is 13.3. The van der Waals surface area contributed by atoms with Crippen LogP contribution in [-0.4, -0.2) is 24.8 Å². The summed E-state index contributed by atoms with van der Waals surface area (Å²) in [6.45, 7) is 1.68. The fourth-order valence-corrected chi connectivity index (χ4v) is 1.30. The molecule has 0 saturated carbocycles. The van der Waals surface area contributed by atoms with Crippen molar-refractivity contribution >= 4 is 5.78 Å². The van der Waals surface area contributed by atoms with Gasteiger partial charge in [0.25, 0.3) is 0 Å². The minimum atomic E-state index is -0.478. The number of rotatable bonds is 3. The molecule has 1 aromatic rings. The van der Waals surface area contributed by atoms with Crippen LogP contribution < -0.4 is 0 Å². The Bertz CT molecular complexity index is 396. The maximum atomic E-state index is 13.3. The highest BCUT2D eigenvalue weighted by Gasteiger charge is 2.12. The number of carbonyl (C=O) groups excluding carboxylic acids is 1. The summed E-state index contributed by atoms with van der Waals surface area (Å²) in [5.74, 6) is -0.754. The summed E-state index contributed by atoms with van der Waals surface area (Å²) in [6, 6.07) is 6.00. The van der Waals surface area contributed by atoms with Crippen molar-refractivity contribution in [3.8, 4) is 0 Å². The third-order valence-corrected chi connectivity index (χ3v) is 1.93. The zero-order chi connectivity index (χ0) is 11.4. The molecular weight excluding hydrogens is 193 g/mol. The smallest absolute Gasteiger partial charge is 0.193 e. The van der Waals surface area contributed by atoms with Gasteiger partial charge in [-0.15, -0.1) is 0 Å². The van der Waals surface area contributed by atoms with Crippen molar-refractivity contribution in [3.05, 3.63) is 47.4 Å². The number of hydrogen-bond acceptors (Lipinski definition) is 2. The van der Waals surface area contributed by atoms with E-state index in [1.807, 2.05) is 14.1 Å². The van der Waals surface area contributed by atoms with E-state index in [1.54, 1.807) is 30.2 Å². The number of allylic oxidation sites excluding steroid dienone is 1. The van der Waals surface area contributed by atoms with Crippen molar-refractivity contribution in [2.24, 2.45) is 0 Å². The third kappa shape index (κ3) is 2.91. The minimum absolute atomic E-state index is 0.119. The molecule has 2 nitrogen and oxygen atoms in total. The van der Waals surface area contributed by atoms with Crippen molar-refractivity contribution in [1.29, 1.82) is 0 Å². The van der Waals surface area contributed by atoms with Gasteiger partial charge in [0.15, 0.2) is 5.78 Å². The van der Waals surface area contributed by atoms with Crippen molar-refractivity contribution < 1.29 is 9.18 Å². The molecule has 1 aromatic carbocycles. The van der Waals surface area contributed by atoms with Gasteiger partial charge in [-0.2, -0.15) is 0 Å². The molecule has 0 aliphatic carbocycles. The lowest BCUT2D eigenvalue weighted by molar-refractivity contribution is 0.102. The van der Waals surface area contributed by atoms with Gasteiger partial charge >= 0.3 is 0 Å². The maximum Gasteiger partial charge on any atom is 0.193 e. The number of ketones is 1. The van der Waals surface area contributed by atoms with Gasteiger partial charge in [0, 0.05) is 25.9 Å². The topological polar surface area (TPSA) is 20.3 Å². The second kappa shape index (κ2) is 4.73. The average molecular weight is 207 g/mol. The van der Waals surface area contributed by atoms with Crippen molar-refractivity contribution in [3.63, 3.8) is 0 Å². The van der Waals surface area contributed by atoms with E-state index < -0.39 is 5.82 Å². The van der Waals surface area contributed by atoms with Gasteiger partial charge in [0.2, 0.25) is 0 Å². The van der Waals surface area contributed by atoms with Crippen molar-refractivity contribution in [2.45, 2.75) is 6.92 Å². The highest BCUT2D eigenvalue weighted by atomic mass is 19.1. The molecule has 3 heteroatoms.